The van der Waals surface area contributed by atoms with Gasteiger partial charge in [0.15, 0.2) is 5.75 Å². The average Bonchev–Trinajstić information content (AvgIpc) is 2.27. The van der Waals surface area contributed by atoms with E-state index in [0.717, 1.165) is 6.07 Å². The molecule has 0 fully saturated rings. The number of carbonyl (C=O) groups is 1. The SMILES string of the molecule is CC(C)(C)OC(=O)Nc1ccc(CN)cc1OC(F)(F)F. The quantitative estimate of drug-likeness (QED) is 0.897. The molecule has 5 nitrogen and oxygen atoms in total. The first-order valence-electron chi connectivity index (χ1n) is 6.09. The van der Waals surface area contributed by atoms with Crippen LogP contribution in [-0.4, -0.2) is 18.1 Å². The lowest BCUT2D eigenvalue weighted by molar-refractivity contribution is -0.274. The van der Waals surface area contributed by atoms with E-state index in [-0.39, 0.29) is 12.2 Å². The molecular formula is C13H17F3N2O3. The number of anilines is 1. The molecule has 0 unspecified atom stereocenters. The number of alkyl halides is 3. The molecule has 1 aromatic carbocycles. The number of nitrogens with two attached hydrogens (primary N) is 1. The standard InChI is InChI=1S/C13H17F3N2O3/c1-12(2,3)21-11(19)18-9-5-4-8(7-17)6-10(9)20-13(14,15)16/h4-6H,7,17H2,1-3H3,(H,18,19). The van der Waals surface area contributed by atoms with Crippen molar-refractivity contribution in [2.45, 2.75) is 39.3 Å². The molecule has 0 atom stereocenters. The zero-order chi connectivity index (χ0) is 16.3. The molecule has 8 heteroatoms. The number of ether oxygens (including phenoxy) is 2. The van der Waals surface area contributed by atoms with E-state index in [4.69, 9.17) is 10.5 Å². The topological polar surface area (TPSA) is 73.6 Å². The Balaban J connectivity index is 2.97. The van der Waals surface area contributed by atoms with Crippen molar-refractivity contribution in [3.63, 3.8) is 0 Å². The van der Waals surface area contributed by atoms with Gasteiger partial charge in [0.2, 0.25) is 0 Å². The third-order valence-corrected chi connectivity index (χ3v) is 2.14. The number of carbonyl (C=O) groups excluding carboxylic acids is 1. The first-order chi connectivity index (χ1) is 9.50. The van der Waals surface area contributed by atoms with E-state index in [2.05, 4.69) is 10.1 Å². The van der Waals surface area contributed by atoms with Gasteiger partial charge in [-0.1, -0.05) is 6.07 Å². The van der Waals surface area contributed by atoms with Crippen LogP contribution in [0.5, 0.6) is 5.75 Å². The highest BCUT2D eigenvalue weighted by atomic mass is 19.4. The minimum Gasteiger partial charge on any atom is -0.444 e. The molecule has 0 saturated carbocycles. The van der Waals surface area contributed by atoms with Gasteiger partial charge in [0, 0.05) is 6.54 Å². The maximum absolute atomic E-state index is 12.4. The summed E-state index contributed by atoms with van der Waals surface area (Å²) in [5.41, 5.74) is 4.88. The summed E-state index contributed by atoms with van der Waals surface area (Å²) < 4.78 is 46.0. The first-order valence-corrected chi connectivity index (χ1v) is 6.09. The Labute approximate surface area is 120 Å². The van der Waals surface area contributed by atoms with Gasteiger partial charge in [0.05, 0.1) is 5.69 Å². The predicted molar refractivity (Wildman–Crippen MR) is 70.9 cm³/mol. The van der Waals surface area contributed by atoms with Crippen molar-refractivity contribution >= 4 is 11.8 Å². The summed E-state index contributed by atoms with van der Waals surface area (Å²) >= 11 is 0. The number of amides is 1. The summed E-state index contributed by atoms with van der Waals surface area (Å²) in [6.45, 7) is 4.95. The van der Waals surface area contributed by atoms with Crippen LogP contribution < -0.4 is 15.8 Å². The van der Waals surface area contributed by atoms with Crippen LogP contribution in [0.15, 0.2) is 18.2 Å². The summed E-state index contributed by atoms with van der Waals surface area (Å²) in [5, 5.41) is 2.21. The second-order valence-electron chi connectivity index (χ2n) is 5.21. The van der Waals surface area contributed by atoms with Gasteiger partial charge in [-0.05, 0) is 38.5 Å². The summed E-state index contributed by atoms with van der Waals surface area (Å²) in [5.74, 6) is -0.545. The third-order valence-electron chi connectivity index (χ3n) is 2.14. The van der Waals surface area contributed by atoms with Crippen LogP contribution >= 0.6 is 0 Å². The Bertz CT molecular complexity index is 510. The molecule has 0 aliphatic rings. The highest BCUT2D eigenvalue weighted by molar-refractivity contribution is 5.87. The summed E-state index contributed by atoms with van der Waals surface area (Å²) in [6, 6.07) is 3.86. The second-order valence-corrected chi connectivity index (χ2v) is 5.21. The van der Waals surface area contributed by atoms with Crippen LogP contribution in [0, 0.1) is 0 Å². The minimum atomic E-state index is -4.88. The maximum Gasteiger partial charge on any atom is 0.573 e. The molecule has 0 radical (unpaired) electrons. The highest BCUT2D eigenvalue weighted by Gasteiger charge is 2.32. The molecule has 1 aromatic rings. The fourth-order valence-corrected chi connectivity index (χ4v) is 1.42. The molecule has 0 heterocycles. The van der Waals surface area contributed by atoms with Gasteiger partial charge in [-0.25, -0.2) is 4.79 Å². The van der Waals surface area contributed by atoms with Gasteiger partial charge in [-0.15, -0.1) is 13.2 Å². The lowest BCUT2D eigenvalue weighted by Crippen LogP contribution is -2.27. The molecule has 21 heavy (non-hydrogen) atoms. The second kappa shape index (κ2) is 6.21. The van der Waals surface area contributed by atoms with E-state index in [1.165, 1.54) is 12.1 Å². The van der Waals surface area contributed by atoms with E-state index >= 15 is 0 Å². The molecule has 0 aliphatic carbocycles. The Morgan fingerprint density at radius 3 is 2.38 bits per heavy atom. The van der Waals surface area contributed by atoms with E-state index < -0.39 is 23.8 Å². The lowest BCUT2D eigenvalue weighted by Gasteiger charge is -2.21. The molecule has 0 bridgehead atoms. The molecule has 3 N–H and O–H groups in total. The molecule has 1 amide bonds. The Morgan fingerprint density at radius 1 is 1.29 bits per heavy atom. The van der Waals surface area contributed by atoms with Crippen molar-refractivity contribution < 1.29 is 27.4 Å². The van der Waals surface area contributed by atoms with E-state index in [9.17, 15) is 18.0 Å². The molecule has 0 spiro atoms. The molecule has 0 aromatic heterocycles. The van der Waals surface area contributed by atoms with Gasteiger partial charge in [0.25, 0.3) is 0 Å². The minimum absolute atomic E-state index is 0.0426. The lowest BCUT2D eigenvalue weighted by atomic mass is 10.2. The van der Waals surface area contributed by atoms with Gasteiger partial charge >= 0.3 is 12.5 Å². The molecule has 0 saturated heterocycles. The number of hydrogen-bond acceptors (Lipinski definition) is 4. The van der Waals surface area contributed by atoms with E-state index in [1.54, 1.807) is 20.8 Å². The largest absolute Gasteiger partial charge is 0.573 e. The highest BCUT2D eigenvalue weighted by Crippen LogP contribution is 2.31. The van der Waals surface area contributed by atoms with Crippen molar-refractivity contribution in [3.05, 3.63) is 23.8 Å². The zero-order valence-electron chi connectivity index (χ0n) is 11.9. The first kappa shape index (κ1) is 17.1. The summed E-state index contributed by atoms with van der Waals surface area (Å²) in [6.07, 6.45) is -5.76. The van der Waals surface area contributed by atoms with Gasteiger partial charge in [-0.3, -0.25) is 5.32 Å². The van der Waals surface area contributed by atoms with Gasteiger partial charge in [0.1, 0.15) is 5.60 Å². The smallest absolute Gasteiger partial charge is 0.444 e. The number of benzene rings is 1. The Kier molecular flexibility index (Phi) is 5.06. The van der Waals surface area contributed by atoms with Crippen molar-refractivity contribution in [1.29, 1.82) is 0 Å². The van der Waals surface area contributed by atoms with Crippen LogP contribution in [0.2, 0.25) is 0 Å². The molecule has 1 rings (SSSR count). The van der Waals surface area contributed by atoms with Crippen LogP contribution in [0.3, 0.4) is 0 Å². The monoisotopic (exact) mass is 306 g/mol. The van der Waals surface area contributed by atoms with E-state index in [1.807, 2.05) is 0 Å². The van der Waals surface area contributed by atoms with Crippen molar-refractivity contribution in [1.82, 2.24) is 0 Å². The predicted octanol–water partition coefficient (Wildman–Crippen LogP) is 3.39. The van der Waals surface area contributed by atoms with Crippen molar-refractivity contribution in [3.8, 4) is 5.75 Å². The maximum atomic E-state index is 12.4. The third kappa shape index (κ3) is 6.35. The fraction of sp³-hybridized carbons (Fsp3) is 0.462. The average molecular weight is 306 g/mol. The van der Waals surface area contributed by atoms with Crippen molar-refractivity contribution in [2.75, 3.05) is 5.32 Å². The van der Waals surface area contributed by atoms with Gasteiger partial charge < -0.3 is 15.2 Å². The number of halogens is 3. The van der Waals surface area contributed by atoms with Crippen LogP contribution in [0.1, 0.15) is 26.3 Å². The molecule has 0 aliphatic heterocycles. The van der Waals surface area contributed by atoms with Gasteiger partial charge in [-0.2, -0.15) is 0 Å². The van der Waals surface area contributed by atoms with Crippen LogP contribution in [0.4, 0.5) is 23.7 Å². The number of nitrogens with one attached hydrogen (secondary N) is 1. The normalized spacial score (nSPS) is 12.0. The fourth-order valence-electron chi connectivity index (χ4n) is 1.42. The Morgan fingerprint density at radius 2 is 1.90 bits per heavy atom. The number of hydrogen-bond donors (Lipinski definition) is 2. The molecule has 118 valence electrons. The Hall–Kier alpha value is -1.96. The molecular weight excluding hydrogens is 289 g/mol. The van der Waals surface area contributed by atoms with Crippen LogP contribution in [0.25, 0.3) is 0 Å². The number of rotatable bonds is 3. The summed E-state index contributed by atoms with van der Waals surface area (Å²) in [4.78, 5) is 11.6. The van der Waals surface area contributed by atoms with E-state index in [0.29, 0.717) is 5.56 Å². The summed E-state index contributed by atoms with van der Waals surface area (Å²) in [7, 11) is 0. The van der Waals surface area contributed by atoms with Crippen LogP contribution in [-0.2, 0) is 11.3 Å². The van der Waals surface area contributed by atoms with Crippen molar-refractivity contribution in [2.24, 2.45) is 5.73 Å². The zero-order valence-corrected chi connectivity index (χ0v) is 11.9.